The van der Waals surface area contributed by atoms with Crippen LogP contribution in [0.25, 0.3) is 0 Å². The van der Waals surface area contributed by atoms with Crippen molar-refractivity contribution < 1.29 is 17.9 Å². The molecule has 1 aromatic carbocycles. The third-order valence-corrected chi connectivity index (χ3v) is 6.06. The Morgan fingerprint density at radius 3 is 2.38 bits per heavy atom. The molecule has 0 radical (unpaired) electrons. The Kier molecular flexibility index (Phi) is 7.03. The van der Waals surface area contributed by atoms with Crippen LogP contribution in [0.15, 0.2) is 29.2 Å². The van der Waals surface area contributed by atoms with Gasteiger partial charge in [0.1, 0.15) is 0 Å². The second-order valence-corrected chi connectivity index (χ2v) is 8.08. The fraction of sp³-hybridized carbons (Fsp3) is 0.562. The standard InChI is InChI=1S/C16H23ClN2O4S/c1-2-3-12-23-16(20)13-18-8-10-19(11-9-18)24(21,22)15-6-4-14(17)5-7-15/h4-7H,2-3,8-13H2,1H3. The molecule has 1 saturated heterocycles. The summed E-state index contributed by atoms with van der Waals surface area (Å²) in [5.74, 6) is -0.252. The van der Waals surface area contributed by atoms with Crippen molar-refractivity contribution in [2.45, 2.75) is 24.7 Å². The summed E-state index contributed by atoms with van der Waals surface area (Å²) < 4.78 is 31.7. The molecule has 1 aromatic rings. The highest BCUT2D eigenvalue weighted by molar-refractivity contribution is 7.89. The number of esters is 1. The van der Waals surface area contributed by atoms with Gasteiger partial charge >= 0.3 is 5.97 Å². The summed E-state index contributed by atoms with van der Waals surface area (Å²) in [7, 11) is -3.52. The third kappa shape index (κ3) is 5.17. The lowest BCUT2D eigenvalue weighted by molar-refractivity contribution is -0.145. The first-order valence-corrected chi connectivity index (χ1v) is 9.89. The number of sulfonamides is 1. The Morgan fingerprint density at radius 1 is 1.17 bits per heavy atom. The van der Waals surface area contributed by atoms with Crippen LogP contribution in [0.3, 0.4) is 0 Å². The van der Waals surface area contributed by atoms with E-state index >= 15 is 0 Å². The number of nitrogens with zero attached hydrogens (tertiary/aromatic N) is 2. The van der Waals surface area contributed by atoms with Crippen molar-refractivity contribution in [1.29, 1.82) is 0 Å². The fourth-order valence-corrected chi connectivity index (χ4v) is 3.99. The highest BCUT2D eigenvalue weighted by Gasteiger charge is 2.29. The van der Waals surface area contributed by atoms with Crippen molar-refractivity contribution in [3.05, 3.63) is 29.3 Å². The van der Waals surface area contributed by atoms with Crippen LogP contribution in [0.5, 0.6) is 0 Å². The minimum atomic E-state index is -3.52. The zero-order valence-electron chi connectivity index (χ0n) is 13.8. The number of unbranched alkanes of at least 4 members (excludes halogenated alkanes) is 1. The van der Waals surface area contributed by atoms with Gasteiger partial charge in [-0.2, -0.15) is 4.31 Å². The molecular weight excluding hydrogens is 352 g/mol. The molecule has 0 unspecified atom stereocenters. The Morgan fingerprint density at radius 2 is 1.79 bits per heavy atom. The minimum absolute atomic E-state index is 0.207. The van der Waals surface area contributed by atoms with Gasteiger partial charge in [-0.1, -0.05) is 24.9 Å². The van der Waals surface area contributed by atoms with Gasteiger partial charge in [-0.25, -0.2) is 8.42 Å². The first-order valence-electron chi connectivity index (χ1n) is 8.07. The molecule has 0 atom stereocenters. The van der Waals surface area contributed by atoms with Crippen molar-refractivity contribution in [3.8, 4) is 0 Å². The van der Waals surface area contributed by atoms with Crippen molar-refractivity contribution >= 4 is 27.6 Å². The molecule has 0 amide bonds. The average Bonchev–Trinajstić information content (AvgIpc) is 2.56. The predicted octanol–water partition coefficient (Wildman–Crippen LogP) is 1.99. The number of carbonyl (C=O) groups is 1. The van der Waals surface area contributed by atoms with E-state index in [4.69, 9.17) is 16.3 Å². The monoisotopic (exact) mass is 374 g/mol. The maximum absolute atomic E-state index is 12.6. The van der Waals surface area contributed by atoms with Gasteiger partial charge in [-0.05, 0) is 30.7 Å². The highest BCUT2D eigenvalue weighted by Crippen LogP contribution is 2.19. The number of benzene rings is 1. The van der Waals surface area contributed by atoms with Gasteiger partial charge in [0.05, 0.1) is 18.0 Å². The third-order valence-electron chi connectivity index (χ3n) is 3.90. The SMILES string of the molecule is CCCCOC(=O)CN1CCN(S(=O)(=O)c2ccc(Cl)cc2)CC1. The Labute approximate surface area is 148 Å². The lowest BCUT2D eigenvalue weighted by Crippen LogP contribution is -2.49. The molecule has 8 heteroatoms. The first kappa shape index (κ1) is 19.2. The van der Waals surface area contributed by atoms with Crippen LogP contribution < -0.4 is 0 Å². The van der Waals surface area contributed by atoms with E-state index in [9.17, 15) is 13.2 Å². The molecule has 1 aliphatic heterocycles. The summed E-state index contributed by atoms with van der Waals surface area (Å²) in [6, 6.07) is 6.15. The second kappa shape index (κ2) is 8.80. The van der Waals surface area contributed by atoms with E-state index in [0.29, 0.717) is 37.8 Å². The molecule has 6 nitrogen and oxygen atoms in total. The zero-order chi connectivity index (χ0) is 17.6. The number of rotatable bonds is 7. The number of halogens is 1. The first-order chi connectivity index (χ1) is 11.4. The van der Waals surface area contributed by atoms with Gasteiger partial charge in [0, 0.05) is 31.2 Å². The largest absolute Gasteiger partial charge is 0.465 e. The number of hydrogen-bond donors (Lipinski definition) is 0. The summed E-state index contributed by atoms with van der Waals surface area (Å²) in [4.78, 5) is 13.9. The molecule has 1 aliphatic rings. The molecular formula is C16H23ClN2O4S. The molecule has 0 saturated carbocycles. The maximum Gasteiger partial charge on any atom is 0.320 e. The van der Waals surface area contributed by atoms with E-state index in [0.717, 1.165) is 12.8 Å². The van der Waals surface area contributed by atoms with Crippen molar-refractivity contribution in [2.24, 2.45) is 0 Å². The van der Waals surface area contributed by atoms with E-state index in [1.165, 1.54) is 16.4 Å². The number of hydrogen-bond acceptors (Lipinski definition) is 5. The molecule has 0 aromatic heterocycles. The number of piperazine rings is 1. The molecule has 24 heavy (non-hydrogen) atoms. The normalized spacial score (nSPS) is 16.9. The Balaban J connectivity index is 1.85. The van der Waals surface area contributed by atoms with Gasteiger partial charge in [0.2, 0.25) is 10.0 Å². The van der Waals surface area contributed by atoms with Crippen LogP contribution in [0.1, 0.15) is 19.8 Å². The quantitative estimate of drug-likeness (QED) is 0.539. The van der Waals surface area contributed by atoms with Crippen molar-refractivity contribution in [1.82, 2.24) is 9.21 Å². The van der Waals surface area contributed by atoms with Gasteiger partial charge in [-0.3, -0.25) is 9.69 Å². The summed E-state index contributed by atoms with van der Waals surface area (Å²) in [5.41, 5.74) is 0. The molecule has 2 rings (SSSR count). The highest BCUT2D eigenvalue weighted by atomic mass is 35.5. The van der Waals surface area contributed by atoms with E-state index in [1.807, 2.05) is 11.8 Å². The summed E-state index contributed by atoms with van der Waals surface area (Å²) >= 11 is 5.80. The van der Waals surface area contributed by atoms with Crippen LogP contribution in [0.2, 0.25) is 5.02 Å². The van der Waals surface area contributed by atoms with Gasteiger partial charge in [-0.15, -0.1) is 0 Å². The summed E-state index contributed by atoms with van der Waals surface area (Å²) in [5, 5.41) is 0.500. The topological polar surface area (TPSA) is 66.9 Å². The van der Waals surface area contributed by atoms with Gasteiger partial charge in [0.25, 0.3) is 0 Å². The lowest BCUT2D eigenvalue weighted by atomic mass is 10.3. The zero-order valence-corrected chi connectivity index (χ0v) is 15.4. The van der Waals surface area contributed by atoms with E-state index in [2.05, 4.69) is 0 Å². The predicted molar refractivity (Wildman–Crippen MR) is 92.5 cm³/mol. The van der Waals surface area contributed by atoms with Crippen LogP contribution in [0.4, 0.5) is 0 Å². The minimum Gasteiger partial charge on any atom is -0.465 e. The summed E-state index contributed by atoms with van der Waals surface area (Å²) in [6.07, 6.45) is 1.84. The molecule has 134 valence electrons. The van der Waals surface area contributed by atoms with Crippen molar-refractivity contribution in [3.63, 3.8) is 0 Å². The van der Waals surface area contributed by atoms with Crippen LogP contribution in [0, 0.1) is 0 Å². The molecule has 1 fully saturated rings. The molecule has 1 heterocycles. The maximum atomic E-state index is 12.6. The summed E-state index contributed by atoms with van der Waals surface area (Å²) in [6.45, 7) is 4.42. The molecule has 0 N–H and O–H groups in total. The smallest absolute Gasteiger partial charge is 0.320 e. The Bertz CT molecular complexity index is 641. The fourth-order valence-electron chi connectivity index (χ4n) is 2.44. The van der Waals surface area contributed by atoms with E-state index in [-0.39, 0.29) is 17.4 Å². The lowest BCUT2D eigenvalue weighted by Gasteiger charge is -2.33. The number of ether oxygens (including phenoxy) is 1. The van der Waals surface area contributed by atoms with Crippen LogP contribution in [-0.4, -0.2) is 62.9 Å². The van der Waals surface area contributed by atoms with Crippen LogP contribution >= 0.6 is 11.6 Å². The van der Waals surface area contributed by atoms with Crippen molar-refractivity contribution in [2.75, 3.05) is 39.3 Å². The molecule has 0 bridgehead atoms. The number of carbonyl (C=O) groups excluding carboxylic acids is 1. The van der Waals surface area contributed by atoms with Crippen LogP contribution in [-0.2, 0) is 19.6 Å². The van der Waals surface area contributed by atoms with Gasteiger partial charge in [0.15, 0.2) is 0 Å². The van der Waals surface area contributed by atoms with E-state index < -0.39 is 10.0 Å². The molecule has 0 aliphatic carbocycles. The Hall–Kier alpha value is -1.15. The molecule has 0 spiro atoms. The second-order valence-electron chi connectivity index (χ2n) is 5.71. The van der Waals surface area contributed by atoms with E-state index in [1.54, 1.807) is 12.1 Å². The van der Waals surface area contributed by atoms with Gasteiger partial charge < -0.3 is 4.74 Å². The average molecular weight is 375 g/mol.